The molecule has 1 saturated heterocycles. The zero-order valence-corrected chi connectivity index (χ0v) is 7.91. The number of nitrogens with zero attached hydrogens (tertiary/aromatic N) is 1. The molecule has 0 aromatic rings. The first-order chi connectivity index (χ1) is 5.76. The molecule has 0 amide bonds. The molecule has 2 N–H and O–H groups in total. The summed E-state index contributed by atoms with van der Waals surface area (Å²) >= 11 is 0. The Balaban J connectivity index is 2.81. The van der Waals surface area contributed by atoms with E-state index < -0.39 is 21.6 Å². The van der Waals surface area contributed by atoms with Gasteiger partial charge in [0.1, 0.15) is 0 Å². The van der Waals surface area contributed by atoms with Crippen molar-refractivity contribution in [1.82, 2.24) is 4.31 Å². The Kier molecular flexibility index (Phi) is 2.35. The maximum absolute atomic E-state index is 11.0. The Hall–Kier alpha value is -0.660. The fourth-order valence-electron chi connectivity index (χ4n) is 1.22. The number of carbonyl (C=O) groups is 1. The molecule has 13 heavy (non-hydrogen) atoms. The third-order valence-corrected chi connectivity index (χ3v) is 3.33. The number of aliphatic carboxylic acids is 1. The van der Waals surface area contributed by atoms with Gasteiger partial charge >= 0.3 is 5.97 Å². The Morgan fingerprint density at radius 3 is 2.31 bits per heavy atom. The highest BCUT2D eigenvalue weighted by molar-refractivity contribution is 7.88. The number of sulfonamides is 1. The van der Waals surface area contributed by atoms with Crippen LogP contribution in [0.25, 0.3) is 0 Å². The molecular formula is C6H11NO5S. The van der Waals surface area contributed by atoms with Crippen molar-refractivity contribution >= 4 is 16.0 Å². The van der Waals surface area contributed by atoms with Crippen molar-refractivity contribution in [1.29, 1.82) is 0 Å². The molecule has 0 saturated carbocycles. The Labute approximate surface area is 75.8 Å². The van der Waals surface area contributed by atoms with Crippen molar-refractivity contribution in [3.8, 4) is 0 Å². The summed E-state index contributed by atoms with van der Waals surface area (Å²) < 4.78 is 22.9. The van der Waals surface area contributed by atoms with Crippen molar-refractivity contribution < 1.29 is 23.4 Å². The molecule has 0 bridgehead atoms. The molecule has 1 atom stereocenters. The van der Waals surface area contributed by atoms with Crippen molar-refractivity contribution in [2.45, 2.75) is 12.0 Å². The number of carboxylic acid groups (broad SMARTS) is 1. The maximum Gasteiger partial charge on any atom is 0.337 e. The van der Waals surface area contributed by atoms with E-state index in [1.807, 2.05) is 0 Å². The average molecular weight is 209 g/mol. The lowest BCUT2D eigenvalue weighted by molar-refractivity contribution is -0.156. The van der Waals surface area contributed by atoms with Crippen molar-refractivity contribution in [2.75, 3.05) is 19.3 Å². The summed E-state index contributed by atoms with van der Waals surface area (Å²) in [5.74, 6) is -1.38. The molecule has 1 unspecified atom stereocenters. The van der Waals surface area contributed by atoms with Crippen molar-refractivity contribution in [2.24, 2.45) is 0 Å². The molecule has 0 aliphatic carbocycles. The highest BCUT2D eigenvalue weighted by Crippen LogP contribution is 2.23. The second-order valence-corrected chi connectivity index (χ2v) is 5.17. The van der Waals surface area contributed by atoms with E-state index in [-0.39, 0.29) is 19.5 Å². The Bertz CT molecular complexity index is 324. The van der Waals surface area contributed by atoms with Gasteiger partial charge in [-0.05, 0) is 0 Å². The van der Waals surface area contributed by atoms with Crippen LogP contribution >= 0.6 is 0 Å². The quantitative estimate of drug-likeness (QED) is 0.575. The number of rotatable bonds is 2. The third kappa shape index (κ3) is 1.98. The summed E-state index contributed by atoms with van der Waals surface area (Å²) in [6.07, 6.45) is 0.927. The molecule has 1 aliphatic rings. The second-order valence-electron chi connectivity index (χ2n) is 3.18. The normalized spacial score (nSPS) is 30.6. The summed E-state index contributed by atoms with van der Waals surface area (Å²) in [4.78, 5) is 10.5. The van der Waals surface area contributed by atoms with Gasteiger partial charge in [0.15, 0.2) is 5.60 Å². The van der Waals surface area contributed by atoms with E-state index in [2.05, 4.69) is 0 Å². The first kappa shape index (κ1) is 10.4. The fourth-order valence-corrected chi connectivity index (χ4v) is 2.09. The van der Waals surface area contributed by atoms with E-state index >= 15 is 0 Å². The maximum atomic E-state index is 11.0. The summed E-state index contributed by atoms with van der Waals surface area (Å²) in [5, 5.41) is 18.0. The van der Waals surface area contributed by atoms with Crippen LogP contribution in [0.2, 0.25) is 0 Å². The van der Waals surface area contributed by atoms with Gasteiger partial charge in [0.25, 0.3) is 0 Å². The Morgan fingerprint density at radius 1 is 1.54 bits per heavy atom. The predicted molar refractivity (Wildman–Crippen MR) is 43.6 cm³/mol. The zero-order chi connectivity index (χ0) is 10.3. The van der Waals surface area contributed by atoms with Crippen LogP contribution in [-0.2, 0) is 14.8 Å². The molecule has 1 rings (SSSR count). The van der Waals surface area contributed by atoms with Crippen LogP contribution < -0.4 is 0 Å². The molecule has 6 nitrogen and oxygen atoms in total. The fraction of sp³-hybridized carbons (Fsp3) is 0.833. The highest BCUT2D eigenvalue weighted by Gasteiger charge is 2.45. The number of hydrogen-bond donors (Lipinski definition) is 2. The lowest BCUT2D eigenvalue weighted by Crippen LogP contribution is -2.42. The SMILES string of the molecule is CS(=O)(=O)N1CCC(O)(C(=O)O)C1. The van der Waals surface area contributed by atoms with Crippen LogP contribution in [0.3, 0.4) is 0 Å². The van der Waals surface area contributed by atoms with E-state index in [9.17, 15) is 18.3 Å². The van der Waals surface area contributed by atoms with Gasteiger partial charge in [-0.2, -0.15) is 4.31 Å². The van der Waals surface area contributed by atoms with Crippen LogP contribution in [0, 0.1) is 0 Å². The first-order valence-electron chi connectivity index (χ1n) is 3.67. The molecule has 0 aromatic carbocycles. The van der Waals surface area contributed by atoms with Crippen LogP contribution in [0.4, 0.5) is 0 Å². The van der Waals surface area contributed by atoms with E-state index in [0.717, 1.165) is 10.6 Å². The minimum absolute atomic E-state index is 0.0572. The molecular weight excluding hydrogens is 198 g/mol. The molecule has 0 spiro atoms. The van der Waals surface area contributed by atoms with Crippen LogP contribution in [-0.4, -0.2) is 53.9 Å². The lowest BCUT2D eigenvalue weighted by atomic mass is 10.1. The minimum Gasteiger partial charge on any atom is -0.479 e. The number of carboxylic acids is 1. The predicted octanol–water partition coefficient (Wildman–Crippen LogP) is -1.53. The van der Waals surface area contributed by atoms with Gasteiger partial charge in [-0.15, -0.1) is 0 Å². The zero-order valence-electron chi connectivity index (χ0n) is 7.10. The van der Waals surface area contributed by atoms with Gasteiger partial charge in [-0.1, -0.05) is 0 Å². The van der Waals surface area contributed by atoms with Crippen molar-refractivity contribution in [3.05, 3.63) is 0 Å². The van der Waals surface area contributed by atoms with Gasteiger partial charge in [0.05, 0.1) is 12.8 Å². The molecule has 0 aromatic heterocycles. The van der Waals surface area contributed by atoms with Gasteiger partial charge in [0, 0.05) is 13.0 Å². The smallest absolute Gasteiger partial charge is 0.337 e. The van der Waals surface area contributed by atoms with Crippen LogP contribution in [0.15, 0.2) is 0 Å². The monoisotopic (exact) mass is 209 g/mol. The third-order valence-electron chi connectivity index (χ3n) is 2.08. The second kappa shape index (κ2) is 2.93. The van der Waals surface area contributed by atoms with E-state index in [1.54, 1.807) is 0 Å². The first-order valence-corrected chi connectivity index (χ1v) is 5.51. The van der Waals surface area contributed by atoms with Gasteiger partial charge in [0.2, 0.25) is 10.0 Å². The number of hydrogen-bond acceptors (Lipinski definition) is 4. The molecule has 1 aliphatic heterocycles. The molecule has 76 valence electrons. The summed E-state index contributed by atoms with van der Waals surface area (Å²) in [6, 6.07) is 0. The molecule has 1 fully saturated rings. The average Bonchev–Trinajstić information content (AvgIpc) is 2.31. The van der Waals surface area contributed by atoms with Crippen molar-refractivity contribution in [3.63, 3.8) is 0 Å². The van der Waals surface area contributed by atoms with E-state index in [0.29, 0.717) is 0 Å². The Morgan fingerprint density at radius 2 is 2.08 bits per heavy atom. The standard InChI is InChI=1S/C6H11NO5S/c1-13(11,12)7-3-2-6(10,4-7)5(8)9/h10H,2-4H2,1H3,(H,8,9). The van der Waals surface area contributed by atoms with Gasteiger partial charge in [-0.3, -0.25) is 0 Å². The number of β-amino-alcohol motifs (C(OH)–C–C–N with tert-alkyl or cyclic N) is 1. The van der Waals surface area contributed by atoms with E-state index in [4.69, 9.17) is 5.11 Å². The summed E-state index contributed by atoms with van der Waals surface area (Å²) in [6.45, 7) is -0.303. The molecule has 0 radical (unpaired) electrons. The topological polar surface area (TPSA) is 94.9 Å². The van der Waals surface area contributed by atoms with E-state index in [1.165, 1.54) is 0 Å². The summed E-state index contributed by atoms with van der Waals surface area (Å²) in [5.41, 5.74) is -1.91. The highest BCUT2D eigenvalue weighted by atomic mass is 32.2. The summed E-state index contributed by atoms with van der Waals surface area (Å²) in [7, 11) is -3.40. The van der Waals surface area contributed by atoms with Crippen LogP contribution in [0.1, 0.15) is 6.42 Å². The molecule has 7 heteroatoms. The largest absolute Gasteiger partial charge is 0.479 e. The lowest BCUT2D eigenvalue weighted by Gasteiger charge is -2.17. The minimum atomic E-state index is -3.40. The van der Waals surface area contributed by atoms with Gasteiger partial charge < -0.3 is 10.2 Å². The number of aliphatic hydroxyl groups is 1. The van der Waals surface area contributed by atoms with Crippen LogP contribution in [0.5, 0.6) is 0 Å². The molecule has 1 heterocycles. The van der Waals surface area contributed by atoms with Gasteiger partial charge in [-0.25, -0.2) is 13.2 Å².